The molecule has 0 atom stereocenters. The molecule has 1 amide bonds. The Kier molecular flexibility index (Phi) is 10.6. The van der Waals surface area contributed by atoms with E-state index in [4.69, 9.17) is 21.1 Å². The molecule has 1 N–H and O–H groups in total. The molecular weight excluding hydrogens is 528 g/mol. The van der Waals surface area contributed by atoms with Crippen LogP contribution in [0.15, 0.2) is 71.9 Å². The van der Waals surface area contributed by atoms with Gasteiger partial charge in [0, 0.05) is 40.6 Å². The van der Waals surface area contributed by atoms with E-state index in [2.05, 4.69) is 15.3 Å². The number of aliphatic imine (C=N–C) groups is 1. The molecule has 2 heterocycles. The highest BCUT2D eigenvalue weighted by Gasteiger charge is 2.21. The van der Waals surface area contributed by atoms with Gasteiger partial charge in [-0.25, -0.2) is 0 Å². The second-order valence-electron chi connectivity index (χ2n) is 9.27. The fourth-order valence-electron chi connectivity index (χ4n) is 4.34. The maximum absolute atomic E-state index is 13.4. The molecule has 2 aromatic heterocycles. The summed E-state index contributed by atoms with van der Waals surface area (Å²) < 4.78 is 12.8. The first-order valence-electron chi connectivity index (χ1n) is 13.2. The van der Waals surface area contributed by atoms with Crippen LogP contribution in [-0.4, -0.2) is 67.1 Å². The minimum absolute atomic E-state index is 0.131. The highest BCUT2D eigenvalue weighted by molar-refractivity contribution is 6.30. The van der Waals surface area contributed by atoms with Gasteiger partial charge in [0.25, 0.3) is 5.91 Å². The Morgan fingerprint density at radius 1 is 1.00 bits per heavy atom. The highest BCUT2D eigenvalue weighted by atomic mass is 35.5. The van der Waals surface area contributed by atoms with Crippen molar-refractivity contribution < 1.29 is 19.1 Å². The van der Waals surface area contributed by atoms with E-state index in [-0.39, 0.29) is 18.2 Å². The van der Waals surface area contributed by atoms with Crippen molar-refractivity contribution in [1.82, 2.24) is 14.9 Å². The van der Waals surface area contributed by atoms with Crippen molar-refractivity contribution in [3.8, 4) is 0 Å². The van der Waals surface area contributed by atoms with Crippen LogP contribution in [0.25, 0.3) is 10.9 Å². The van der Waals surface area contributed by atoms with Gasteiger partial charge in [0.15, 0.2) is 0 Å². The van der Waals surface area contributed by atoms with E-state index in [1.807, 2.05) is 50.2 Å². The number of amides is 1. The lowest BCUT2D eigenvalue weighted by Crippen LogP contribution is -2.29. The average molecular weight is 561 g/mol. The van der Waals surface area contributed by atoms with Crippen LogP contribution in [0.5, 0.6) is 0 Å². The Morgan fingerprint density at radius 3 is 2.52 bits per heavy atom. The lowest BCUT2D eigenvalue weighted by molar-refractivity contribution is -0.120. The Hall–Kier alpha value is -3.85. The molecule has 0 saturated heterocycles. The fourth-order valence-corrected chi connectivity index (χ4v) is 4.46. The quantitative estimate of drug-likeness (QED) is 0.187. The molecule has 4 rings (SSSR count). The van der Waals surface area contributed by atoms with Crippen molar-refractivity contribution in [2.45, 2.75) is 20.3 Å². The Balaban J connectivity index is 1.23. The molecule has 9 heteroatoms. The smallest absolute Gasteiger partial charge is 0.262 e. The van der Waals surface area contributed by atoms with Crippen LogP contribution in [-0.2, 0) is 20.7 Å². The van der Waals surface area contributed by atoms with E-state index in [1.54, 1.807) is 41.2 Å². The zero-order valence-corrected chi connectivity index (χ0v) is 23.5. The molecule has 0 saturated carbocycles. The normalized spacial score (nSPS) is 11.4. The largest absolute Gasteiger partial charge is 0.377 e. The molecule has 4 aromatic rings. The number of nitrogens with zero attached hydrogens (tertiary/aromatic N) is 3. The number of ether oxygens (including phenoxy) is 2. The van der Waals surface area contributed by atoms with Crippen molar-refractivity contribution >= 4 is 40.5 Å². The van der Waals surface area contributed by atoms with Gasteiger partial charge in [0.05, 0.1) is 50.6 Å². The summed E-state index contributed by atoms with van der Waals surface area (Å²) in [5.41, 5.74) is 4.75. The summed E-state index contributed by atoms with van der Waals surface area (Å²) in [4.78, 5) is 34.6. The summed E-state index contributed by atoms with van der Waals surface area (Å²) in [6.07, 6.45) is 3.61. The average Bonchev–Trinajstić information content (AvgIpc) is 3.22. The van der Waals surface area contributed by atoms with E-state index in [1.165, 1.54) is 0 Å². The second kappa shape index (κ2) is 14.5. The van der Waals surface area contributed by atoms with Crippen LogP contribution < -0.4 is 5.32 Å². The van der Waals surface area contributed by atoms with Gasteiger partial charge in [-0.1, -0.05) is 29.3 Å². The monoisotopic (exact) mass is 560 g/mol. The van der Waals surface area contributed by atoms with Gasteiger partial charge >= 0.3 is 0 Å². The lowest BCUT2D eigenvalue weighted by atomic mass is 10.1. The molecule has 0 aliphatic rings. The number of carbonyl (C=O) groups excluding carboxylic acids is 2. The number of carbonyl (C=O) groups is 2. The molecule has 208 valence electrons. The molecular formula is C31H33ClN4O4. The summed E-state index contributed by atoms with van der Waals surface area (Å²) in [7, 11) is 0. The first kappa shape index (κ1) is 29.1. The number of pyridine rings is 1. The summed E-state index contributed by atoms with van der Waals surface area (Å²) in [6.45, 7) is 6.55. The van der Waals surface area contributed by atoms with Crippen molar-refractivity contribution in [2.75, 3.05) is 39.5 Å². The Morgan fingerprint density at radius 2 is 1.77 bits per heavy atom. The number of benzene rings is 2. The molecule has 0 fully saturated rings. The molecule has 40 heavy (non-hydrogen) atoms. The zero-order valence-electron chi connectivity index (χ0n) is 22.7. The van der Waals surface area contributed by atoms with Gasteiger partial charge in [-0.3, -0.25) is 24.1 Å². The van der Waals surface area contributed by atoms with E-state index in [9.17, 15) is 9.59 Å². The number of hydrogen-bond donors (Lipinski definition) is 1. The Bertz CT molecular complexity index is 1470. The molecule has 0 aliphatic heterocycles. The first-order chi connectivity index (χ1) is 19.4. The Labute approximate surface area is 239 Å². The third kappa shape index (κ3) is 7.85. The number of aryl methyl sites for hydroxylation is 1. The molecule has 2 aromatic carbocycles. The van der Waals surface area contributed by atoms with Gasteiger partial charge in [0.2, 0.25) is 5.91 Å². The van der Waals surface area contributed by atoms with Gasteiger partial charge in [-0.2, -0.15) is 0 Å². The predicted molar refractivity (Wildman–Crippen MR) is 158 cm³/mol. The van der Waals surface area contributed by atoms with Gasteiger partial charge in [0.1, 0.15) is 0 Å². The summed E-state index contributed by atoms with van der Waals surface area (Å²) in [5.74, 6) is -0.293. The summed E-state index contributed by atoms with van der Waals surface area (Å²) >= 11 is 6.00. The minimum atomic E-state index is -0.162. The first-order valence-corrected chi connectivity index (χ1v) is 13.6. The van der Waals surface area contributed by atoms with Gasteiger partial charge in [-0.15, -0.1) is 0 Å². The lowest BCUT2D eigenvalue weighted by Gasteiger charge is -2.09. The predicted octanol–water partition coefficient (Wildman–Crippen LogP) is 4.81. The number of rotatable bonds is 13. The van der Waals surface area contributed by atoms with Crippen LogP contribution in [0.4, 0.5) is 0 Å². The van der Waals surface area contributed by atoms with Crippen LogP contribution in [0.2, 0.25) is 5.02 Å². The van der Waals surface area contributed by atoms with Crippen LogP contribution >= 0.6 is 11.6 Å². The van der Waals surface area contributed by atoms with Crippen LogP contribution in [0.1, 0.15) is 32.9 Å². The van der Waals surface area contributed by atoms with Gasteiger partial charge in [-0.05, 0) is 67.9 Å². The molecule has 0 aliphatic carbocycles. The SMILES string of the molecule is Cc1ccc2c(c1)c(CC(=O)NCCOCCOCCN=Cc1ccccn1)c(C)n2C(=O)c1ccc(Cl)cc1. The third-order valence-corrected chi connectivity index (χ3v) is 6.59. The molecule has 0 unspecified atom stereocenters. The van der Waals surface area contributed by atoms with E-state index < -0.39 is 0 Å². The van der Waals surface area contributed by atoms with E-state index >= 15 is 0 Å². The van der Waals surface area contributed by atoms with Crippen LogP contribution in [0, 0.1) is 13.8 Å². The van der Waals surface area contributed by atoms with Crippen molar-refractivity contribution in [3.05, 3.63) is 100.0 Å². The van der Waals surface area contributed by atoms with Crippen molar-refractivity contribution in [2.24, 2.45) is 4.99 Å². The fraction of sp³-hybridized carbons (Fsp3) is 0.290. The number of nitrogens with one attached hydrogen (secondary N) is 1. The number of halogens is 1. The van der Waals surface area contributed by atoms with Crippen molar-refractivity contribution in [3.63, 3.8) is 0 Å². The third-order valence-electron chi connectivity index (χ3n) is 6.34. The van der Waals surface area contributed by atoms with E-state index in [0.29, 0.717) is 50.1 Å². The maximum Gasteiger partial charge on any atom is 0.262 e. The summed E-state index contributed by atoms with van der Waals surface area (Å²) in [6, 6.07) is 18.4. The minimum Gasteiger partial charge on any atom is -0.377 e. The van der Waals surface area contributed by atoms with Crippen molar-refractivity contribution in [1.29, 1.82) is 0 Å². The number of aromatic nitrogens is 2. The standard InChI is InChI=1S/C31H33ClN4O4/c1-22-6-11-29-28(19-22)27(23(2)36(29)31(38)24-7-9-25(32)10-8-24)20-30(37)35-14-16-40-18-17-39-15-13-33-21-26-5-3-4-12-34-26/h3-12,19,21H,13-18,20H2,1-2H3,(H,35,37). The molecule has 0 radical (unpaired) electrons. The number of fused-ring (bicyclic) bond motifs is 1. The second-order valence-corrected chi connectivity index (χ2v) is 9.71. The van der Waals surface area contributed by atoms with E-state index in [0.717, 1.165) is 33.4 Å². The maximum atomic E-state index is 13.4. The molecule has 8 nitrogen and oxygen atoms in total. The molecule has 0 spiro atoms. The number of hydrogen-bond acceptors (Lipinski definition) is 6. The topological polar surface area (TPSA) is 94.8 Å². The zero-order chi connectivity index (χ0) is 28.3. The molecule has 0 bridgehead atoms. The van der Waals surface area contributed by atoms with Gasteiger partial charge < -0.3 is 14.8 Å². The van der Waals surface area contributed by atoms with Crippen LogP contribution in [0.3, 0.4) is 0 Å². The highest BCUT2D eigenvalue weighted by Crippen LogP contribution is 2.28. The summed E-state index contributed by atoms with van der Waals surface area (Å²) in [5, 5.41) is 4.37.